The van der Waals surface area contributed by atoms with Gasteiger partial charge in [0.15, 0.2) is 0 Å². The van der Waals surface area contributed by atoms with Crippen LogP contribution in [0.1, 0.15) is 22.7 Å². The summed E-state index contributed by atoms with van der Waals surface area (Å²) < 4.78 is 0. The summed E-state index contributed by atoms with van der Waals surface area (Å²) in [4.78, 5) is 4.55. The van der Waals surface area contributed by atoms with Crippen molar-refractivity contribution in [2.45, 2.75) is 19.9 Å². The van der Waals surface area contributed by atoms with Crippen molar-refractivity contribution >= 4 is 0 Å². The summed E-state index contributed by atoms with van der Waals surface area (Å²) in [5.41, 5.74) is 9.96. The van der Waals surface area contributed by atoms with E-state index >= 15 is 0 Å². The number of aryl methyl sites for hydroxylation is 2. The van der Waals surface area contributed by atoms with Gasteiger partial charge in [-0.1, -0.05) is 23.8 Å². The second kappa shape index (κ2) is 6.88. The first-order valence-corrected chi connectivity index (χ1v) is 6.58. The lowest BCUT2D eigenvalue weighted by Crippen LogP contribution is -2.35. The van der Waals surface area contributed by atoms with Gasteiger partial charge in [0, 0.05) is 25.7 Å². The Hall–Kier alpha value is -0.900. The summed E-state index contributed by atoms with van der Waals surface area (Å²) in [5.74, 6) is 0. The maximum Gasteiger partial charge on any atom is 0.0470 e. The highest BCUT2D eigenvalue weighted by atomic mass is 15.2. The van der Waals surface area contributed by atoms with Crippen LogP contribution in [0.5, 0.6) is 0 Å². The lowest BCUT2D eigenvalue weighted by atomic mass is 9.98. The minimum absolute atomic E-state index is 0.310. The fourth-order valence-electron chi connectivity index (χ4n) is 2.18. The number of nitrogens with two attached hydrogens (primary N) is 1. The molecule has 1 unspecified atom stereocenters. The summed E-state index contributed by atoms with van der Waals surface area (Å²) in [7, 11) is 6.36. The van der Waals surface area contributed by atoms with Gasteiger partial charge in [-0.25, -0.2) is 0 Å². The van der Waals surface area contributed by atoms with Gasteiger partial charge < -0.3 is 10.6 Å². The fourth-order valence-corrected chi connectivity index (χ4v) is 2.18. The Kier molecular flexibility index (Phi) is 5.79. The van der Waals surface area contributed by atoms with Gasteiger partial charge in [-0.2, -0.15) is 0 Å². The van der Waals surface area contributed by atoms with Gasteiger partial charge in [-0.3, -0.25) is 4.90 Å². The van der Waals surface area contributed by atoms with Crippen molar-refractivity contribution in [2.75, 3.05) is 40.8 Å². The summed E-state index contributed by atoms with van der Waals surface area (Å²) in [6.07, 6.45) is 0. The molecule has 1 aromatic rings. The summed E-state index contributed by atoms with van der Waals surface area (Å²) in [5, 5.41) is 0. The highest BCUT2D eigenvalue weighted by molar-refractivity contribution is 5.33. The van der Waals surface area contributed by atoms with Crippen LogP contribution >= 0.6 is 0 Å². The molecule has 0 saturated heterocycles. The van der Waals surface area contributed by atoms with Gasteiger partial charge >= 0.3 is 0 Å². The normalized spacial score (nSPS) is 13.3. The van der Waals surface area contributed by atoms with Crippen LogP contribution in [0.15, 0.2) is 18.2 Å². The van der Waals surface area contributed by atoms with Crippen LogP contribution in [0.2, 0.25) is 0 Å². The molecule has 0 radical (unpaired) electrons. The topological polar surface area (TPSA) is 32.5 Å². The molecule has 0 aromatic heterocycles. The maximum absolute atomic E-state index is 5.98. The minimum atomic E-state index is 0.310. The SMILES string of the molecule is Cc1ccc(C)c(C(CN)N(C)CCN(C)C)c1. The van der Waals surface area contributed by atoms with Crippen molar-refractivity contribution in [1.29, 1.82) is 0 Å². The van der Waals surface area contributed by atoms with Crippen molar-refractivity contribution in [3.63, 3.8) is 0 Å². The van der Waals surface area contributed by atoms with Gasteiger partial charge in [0.05, 0.1) is 0 Å². The van der Waals surface area contributed by atoms with Crippen molar-refractivity contribution < 1.29 is 0 Å². The largest absolute Gasteiger partial charge is 0.329 e. The molecule has 102 valence electrons. The number of nitrogens with zero attached hydrogens (tertiary/aromatic N) is 2. The molecule has 0 spiro atoms. The smallest absolute Gasteiger partial charge is 0.0470 e. The molecular weight excluding hydrogens is 222 g/mol. The van der Waals surface area contributed by atoms with Crippen molar-refractivity contribution in [2.24, 2.45) is 5.73 Å². The third-order valence-corrected chi connectivity index (χ3v) is 3.45. The van der Waals surface area contributed by atoms with Gasteiger partial charge in [-0.05, 0) is 46.1 Å². The van der Waals surface area contributed by atoms with E-state index in [1.165, 1.54) is 16.7 Å². The van der Waals surface area contributed by atoms with Gasteiger partial charge in [-0.15, -0.1) is 0 Å². The van der Waals surface area contributed by atoms with E-state index in [1.807, 2.05) is 0 Å². The molecule has 0 fully saturated rings. The molecule has 0 saturated carbocycles. The second-order valence-corrected chi connectivity index (χ2v) is 5.40. The summed E-state index contributed by atoms with van der Waals surface area (Å²) in [6.45, 7) is 7.04. The van der Waals surface area contributed by atoms with E-state index in [9.17, 15) is 0 Å². The van der Waals surface area contributed by atoms with Crippen LogP contribution in [0.3, 0.4) is 0 Å². The summed E-state index contributed by atoms with van der Waals surface area (Å²) in [6, 6.07) is 6.92. The zero-order valence-electron chi connectivity index (χ0n) is 12.4. The first-order valence-electron chi connectivity index (χ1n) is 6.58. The van der Waals surface area contributed by atoms with E-state index < -0.39 is 0 Å². The second-order valence-electron chi connectivity index (χ2n) is 5.40. The van der Waals surface area contributed by atoms with Crippen LogP contribution in [0.4, 0.5) is 0 Å². The molecule has 3 heteroatoms. The Bertz CT molecular complexity index is 374. The first kappa shape index (κ1) is 15.2. The Morgan fingerprint density at radius 3 is 2.33 bits per heavy atom. The standard InChI is InChI=1S/C15H27N3/c1-12-6-7-13(2)14(10-12)15(11-16)18(5)9-8-17(3)4/h6-7,10,15H,8-9,11,16H2,1-5H3. The molecule has 1 rings (SSSR count). The number of likely N-dealkylation sites (N-methyl/N-ethyl adjacent to an activating group) is 2. The molecule has 0 aliphatic heterocycles. The van der Waals surface area contributed by atoms with E-state index in [4.69, 9.17) is 5.73 Å². The van der Waals surface area contributed by atoms with Gasteiger partial charge in [0.25, 0.3) is 0 Å². The predicted molar refractivity (Wildman–Crippen MR) is 78.9 cm³/mol. The van der Waals surface area contributed by atoms with Gasteiger partial charge in [0.1, 0.15) is 0 Å². The number of hydrogen-bond donors (Lipinski definition) is 1. The Balaban J connectivity index is 2.84. The molecule has 0 bridgehead atoms. The van der Waals surface area contributed by atoms with Crippen LogP contribution in [-0.2, 0) is 0 Å². The average molecular weight is 249 g/mol. The van der Waals surface area contributed by atoms with Crippen LogP contribution < -0.4 is 5.73 Å². The Morgan fingerprint density at radius 1 is 1.11 bits per heavy atom. The van der Waals surface area contributed by atoms with Crippen molar-refractivity contribution in [3.05, 3.63) is 34.9 Å². The van der Waals surface area contributed by atoms with E-state index in [-0.39, 0.29) is 0 Å². The highest BCUT2D eigenvalue weighted by Gasteiger charge is 2.17. The number of hydrogen-bond acceptors (Lipinski definition) is 3. The zero-order chi connectivity index (χ0) is 13.7. The van der Waals surface area contributed by atoms with Gasteiger partial charge in [0.2, 0.25) is 0 Å². The molecule has 2 N–H and O–H groups in total. The average Bonchev–Trinajstić information content (AvgIpc) is 2.32. The molecule has 0 heterocycles. The number of rotatable bonds is 6. The molecule has 0 aliphatic carbocycles. The van der Waals surface area contributed by atoms with E-state index in [0.717, 1.165) is 13.1 Å². The lowest BCUT2D eigenvalue weighted by Gasteiger charge is -2.29. The predicted octanol–water partition coefficient (Wildman–Crippen LogP) is 1.80. The minimum Gasteiger partial charge on any atom is -0.329 e. The van der Waals surface area contributed by atoms with E-state index in [2.05, 4.69) is 63.0 Å². The molecule has 1 atom stereocenters. The van der Waals surface area contributed by atoms with Crippen LogP contribution in [0.25, 0.3) is 0 Å². The Labute approximate surface area is 112 Å². The van der Waals surface area contributed by atoms with Crippen molar-refractivity contribution in [3.8, 4) is 0 Å². The first-order chi connectivity index (χ1) is 8.45. The van der Waals surface area contributed by atoms with Crippen molar-refractivity contribution in [1.82, 2.24) is 9.80 Å². The maximum atomic E-state index is 5.98. The van der Waals surface area contributed by atoms with Crippen LogP contribution in [0, 0.1) is 13.8 Å². The summed E-state index contributed by atoms with van der Waals surface area (Å²) >= 11 is 0. The Morgan fingerprint density at radius 2 is 1.78 bits per heavy atom. The van der Waals surface area contributed by atoms with E-state index in [1.54, 1.807) is 0 Å². The monoisotopic (exact) mass is 249 g/mol. The van der Waals surface area contributed by atoms with E-state index in [0.29, 0.717) is 12.6 Å². The van der Waals surface area contributed by atoms with Crippen LogP contribution in [-0.4, -0.2) is 50.6 Å². The quantitative estimate of drug-likeness (QED) is 0.834. The number of benzene rings is 1. The zero-order valence-corrected chi connectivity index (χ0v) is 12.4. The molecule has 3 nitrogen and oxygen atoms in total. The molecule has 0 aliphatic rings. The molecule has 1 aromatic carbocycles. The third-order valence-electron chi connectivity index (χ3n) is 3.45. The third kappa shape index (κ3) is 4.09. The fraction of sp³-hybridized carbons (Fsp3) is 0.600. The lowest BCUT2D eigenvalue weighted by molar-refractivity contribution is 0.222. The molecular formula is C15H27N3. The highest BCUT2D eigenvalue weighted by Crippen LogP contribution is 2.22. The molecule has 0 amide bonds. The molecule has 18 heavy (non-hydrogen) atoms.